The summed E-state index contributed by atoms with van der Waals surface area (Å²) in [5.41, 5.74) is 1.58. The Balaban J connectivity index is 1.97. The number of aromatic nitrogens is 2. The minimum atomic E-state index is 0.00477. The predicted molar refractivity (Wildman–Crippen MR) is 65.1 cm³/mol. The van der Waals surface area contributed by atoms with Gasteiger partial charge in [0.2, 0.25) is 0 Å². The minimum Gasteiger partial charge on any atom is -0.309 e. The molecule has 4 heterocycles. The van der Waals surface area contributed by atoms with Crippen molar-refractivity contribution >= 4 is 0 Å². The molecule has 0 spiro atoms. The molecule has 0 amide bonds. The lowest BCUT2D eigenvalue weighted by molar-refractivity contribution is 0.00847. The lowest BCUT2D eigenvalue weighted by atomic mass is 10.1. The van der Waals surface area contributed by atoms with Crippen molar-refractivity contribution in [3.8, 4) is 0 Å². The van der Waals surface area contributed by atoms with Crippen LogP contribution in [0.5, 0.6) is 0 Å². The number of nitrogens with one attached hydrogen (secondary N) is 1. The average Bonchev–Trinajstić information content (AvgIpc) is 2.36. The molecule has 1 N–H and O–H groups in total. The van der Waals surface area contributed by atoms with E-state index in [4.69, 9.17) is 0 Å². The van der Waals surface area contributed by atoms with E-state index in [0.717, 1.165) is 49.8 Å². The molecule has 5 heteroatoms. The Labute approximate surface area is 100 Å². The van der Waals surface area contributed by atoms with Gasteiger partial charge in [-0.2, -0.15) is 0 Å². The molecule has 92 valence electrons. The first kappa shape index (κ1) is 10.9. The van der Waals surface area contributed by atoms with Crippen LogP contribution in [0, 0.1) is 13.8 Å². The van der Waals surface area contributed by atoms with Crippen LogP contribution in [-0.4, -0.2) is 52.5 Å². The second-order valence-corrected chi connectivity index (χ2v) is 5.01. The molecule has 0 radical (unpaired) electrons. The fourth-order valence-corrected chi connectivity index (χ4v) is 2.70. The molecule has 3 aliphatic heterocycles. The van der Waals surface area contributed by atoms with E-state index in [-0.39, 0.29) is 11.6 Å². The van der Waals surface area contributed by atoms with Crippen molar-refractivity contribution in [2.45, 2.75) is 19.9 Å². The monoisotopic (exact) mass is 234 g/mol. The number of H-pyrrole nitrogens is 1. The van der Waals surface area contributed by atoms with Crippen molar-refractivity contribution in [2.75, 3.05) is 32.7 Å². The smallest absolute Gasteiger partial charge is 0.254 e. The molecule has 4 rings (SSSR count). The van der Waals surface area contributed by atoms with Crippen molar-refractivity contribution in [1.82, 2.24) is 19.8 Å². The van der Waals surface area contributed by atoms with Gasteiger partial charge in [-0.3, -0.25) is 14.6 Å². The Kier molecular flexibility index (Phi) is 2.52. The van der Waals surface area contributed by atoms with E-state index < -0.39 is 0 Å². The maximum Gasteiger partial charge on any atom is 0.254 e. The SMILES string of the molecule is Cc1nc(C2CN3CCN2CC3)[nH]c(=O)c1C. The molecule has 3 saturated heterocycles. The summed E-state index contributed by atoms with van der Waals surface area (Å²) in [5.74, 6) is 0.836. The number of hydrogen-bond donors (Lipinski definition) is 1. The van der Waals surface area contributed by atoms with E-state index in [0.29, 0.717) is 0 Å². The zero-order valence-electron chi connectivity index (χ0n) is 10.4. The fourth-order valence-electron chi connectivity index (χ4n) is 2.70. The van der Waals surface area contributed by atoms with E-state index in [9.17, 15) is 4.79 Å². The fraction of sp³-hybridized carbons (Fsp3) is 0.667. The summed E-state index contributed by atoms with van der Waals surface area (Å²) in [6.45, 7) is 9.18. The molecule has 0 aliphatic carbocycles. The van der Waals surface area contributed by atoms with Crippen molar-refractivity contribution in [1.29, 1.82) is 0 Å². The van der Waals surface area contributed by atoms with Crippen molar-refractivity contribution < 1.29 is 0 Å². The quantitative estimate of drug-likeness (QED) is 0.746. The van der Waals surface area contributed by atoms with Gasteiger partial charge in [0, 0.05) is 44.0 Å². The Morgan fingerprint density at radius 2 is 1.94 bits per heavy atom. The van der Waals surface area contributed by atoms with Crippen LogP contribution in [-0.2, 0) is 0 Å². The number of hydrogen-bond acceptors (Lipinski definition) is 4. The van der Waals surface area contributed by atoms with E-state index in [2.05, 4.69) is 19.8 Å². The first-order chi connectivity index (χ1) is 8.15. The number of aryl methyl sites for hydroxylation is 1. The largest absolute Gasteiger partial charge is 0.309 e. The van der Waals surface area contributed by atoms with Crippen LogP contribution in [0.2, 0.25) is 0 Å². The molecule has 5 nitrogen and oxygen atoms in total. The average molecular weight is 234 g/mol. The van der Waals surface area contributed by atoms with Crippen LogP contribution >= 0.6 is 0 Å². The molecule has 17 heavy (non-hydrogen) atoms. The van der Waals surface area contributed by atoms with Crippen LogP contribution < -0.4 is 5.56 Å². The third-order valence-corrected chi connectivity index (χ3v) is 4.01. The standard InChI is InChI=1S/C12H18N4O/c1-8-9(2)13-11(14-12(8)17)10-7-15-3-5-16(10)6-4-15/h10H,3-7H2,1-2H3,(H,13,14,17). The first-order valence-electron chi connectivity index (χ1n) is 6.19. The highest BCUT2D eigenvalue weighted by atomic mass is 16.1. The number of aromatic amines is 1. The van der Waals surface area contributed by atoms with Gasteiger partial charge in [-0.05, 0) is 13.8 Å². The third kappa shape index (κ3) is 1.79. The number of nitrogens with zero attached hydrogens (tertiary/aromatic N) is 3. The summed E-state index contributed by atoms with van der Waals surface area (Å²) in [6, 6.07) is 0.268. The lowest BCUT2D eigenvalue weighted by Crippen LogP contribution is -2.57. The molecule has 1 aromatic rings. The van der Waals surface area contributed by atoms with E-state index in [1.165, 1.54) is 0 Å². The van der Waals surface area contributed by atoms with Gasteiger partial charge < -0.3 is 4.98 Å². The van der Waals surface area contributed by atoms with Gasteiger partial charge in [-0.15, -0.1) is 0 Å². The number of fused-ring (bicyclic) bond motifs is 3. The second kappa shape index (κ2) is 3.92. The predicted octanol–water partition coefficient (Wildman–Crippen LogP) is 0.0590. The van der Waals surface area contributed by atoms with Gasteiger partial charge in [-0.25, -0.2) is 4.98 Å². The van der Waals surface area contributed by atoms with E-state index in [1.807, 2.05) is 13.8 Å². The summed E-state index contributed by atoms with van der Waals surface area (Å²) in [5, 5.41) is 0. The molecule has 1 unspecified atom stereocenters. The summed E-state index contributed by atoms with van der Waals surface area (Å²) in [4.78, 5) is 24.1. The van der Waals surface area contributed by atoms with E-state index in [1.54, 1.807) is 0 Å². The highest BCUT2D eigenvalue weighted by Gasteiger charge is 2.34. The van der Waals surface area contributed by atoms with Gasteiger partial charge in [0.05, 0.1) is 6.04 Å². The highest BCUT2D eigenvalue weighted by molar-refractivity contribution is 5.16. The van der Waals surface area contributed by atoms with Crippen LogP contribution in [0.3, 0.4) is 0 Å². The Bertz CT molecular complexity index is 488. The number of piperazine rings is 3. The second-order valence-electron chi connectivity index (χ2n) is 5.01. The molecular formula is C12H18N4O. The lowest BCUT2D eigenvalue weighted by Gasteiger charge is -2.46. The molecule has 3 aliphatic rings. The minimum absolute atomic E-state index is 0.00477. The van der Waals surface area contributed by atoms with Crippen molar-refractivity contribution in [3.05, 3.63) is 27.4 Å². The number of rotatable bonds is 1. The summed E-state index contributed by atoms with van der Waals surface area (Å²) >= 11 is 0. The molecular weight excluding hydrogens is 216 g/mol. The zero-order chi connectivity index (χ0) is 12.0. The Morgan fingerprint density at radius 1 is 1.24 bits per heavy atom. The van der Waals surface area contributed by atoms with Gasteiger partial charge in [0.1, 0.15) is 5.82 Å². The van der Waals surface area contributed by atoms with Crippen LogP contribution in [0.25, 0.3) is 0 Å². The van der Waals surface area contributed by atoms with Gasteiger partial charge in [0.25, 0.3) is 5.56 Å². The first-order valence-corrected chi connectivity index (χ1v) is 6.19. The third-order valence-electron chi connectivity index (χ3n) is 4.01. The maximum absolute atomic E-state index is 11.8. The summed E-state index contributed by atoms with van der Waals surface area (Å²) in [6.07, 6.45) is 0. The topological polar surface area (TPSA) is 52.2 Å². The summed E-state index contributed by atoms with van der Waals surface area (Å²) < 4.78 is 0. The van der Waals surface area contributed by atoms with Gasteiger partial charge in [-0.1, -0.05) is 0 Å². The van der Waals surface area contributed by atoms with Crippen molar-refractivity contribution in [2.24, 2.45) is 0 Å². The summed E-state index contributed by atoms with van der Waals surface area (Å²) in [7, 11) is 0. The molecule has 1 atom stereocenters. The van der Waals surface area contributed by atoms with E-state index >= 15 is 0 Å². The Hall–Kier alpha value is -1.20. The highest BCUT2D eigenvalue weighted by Crippen LogP contribution is 2.26. The van der Waals surface area contributed by atoms with Crippen LogP contribution in [0.4, 0.5) is 0 Å². The molecule has 2 bridgehead atoms. The zero-order valence-corrected chi connectivity index (χ0v) is 10.4. The molecule has 0 aromatic carbocycles. The molecule has 3 fully saturated rings. The molecule has 1 aromatic heterocycles. The van der Waals surface area contributed by atoms with Crippen LogP contribution in [0.1, 0.15) is 23.1 Å². The normalized spacial score (nSPS) is 31.8. The van der Waals surface area contributed by atoms with Crippen molar-refractivity contribution in [3.63, 3.8) is 0 Å². The van der Waals surface area contributed by atoms with Crippen LogP contribution in [0.15, 0.2) is 4.79 Å². The van der Waals surface area contributed by atoms with Gasteiger partial charge >= 0.3 is 0 Å². The van der Waals surface area contributed by atoms with Gasteiger partial charge in [0.15, 0.2) is 0 Å². The molecule has 0 saturated carbocycles. The maximum atomic E-state index is 11.8. The Morgan fingerprint density at radius 3 is 2.47 bits per heavy atom.